The van der Waals surface area contributed by atoms with Crippen LogP contribution in [0.4, 0.5) is 0 Å². The minimum absolute atomic E-state index is 0.0822. The van der Waals surface area contributed by atoms with Crippen molar-refractivity contribution in [2.45, 2.75) is 70.3 Å². The molecule has 14 nitrogen and oxygen atoms in total. The first-order valence-electron chi connectivity index (χ1n) is 10.6. The molecule has 0 aliphatic rings. The fourth-order valence-corrected chi connectivity index (χ4v) is 2.89. The average Bonchev–Trinajstić information content (AvgIpc) is 3.25. The molecule has 0 spiro atoms. The van der Waals surface area contributed by atoms with Gasteiger partial charge < -0.3 is 42.0 Å². The number of hydrogen-bond acceptors (Lipinski definition) is 8. The van der Waals surface area contributed by atoms with E-state index in [0.717, 1.165) is 0 Å². The quantitative estimate of drug-likeness (QED) is 0.141. The van der Waals surface area contributed by atoms with Crippen LogP contribution in [0.5, 0.6) is 0 Å². The summed E-state index contributed by atoms with van der Waals surface area (Å²) in [7, 11) is 0. The summed E-state index contributed by atoms with van der Waals surface area (Å²) in [5.41, 5.74) is 6.09. The zero-order valence-corrected chi connectivity index (χ0v) is 19.1. The van der Waals surface area contributed by atoms with Crippen LogP contribution in [0.3, 0.4) is 0 Å². The molecule has 5 unspecified atom stereocenters. The molecule has 14 heteroatoms. The molecular weight excluding hydrogens is 452 g/mol. The molecule has 190 valence electrons. The lowest BCUT2D eigenvalue weighted by atomic mass is 10.0. The van der Waals surface area contributed by atoms with E-state index in [0.29, 0.717) is 5.69 Å². The SMILES string of the molecule is CC(C)C(NC(=O)C(CCC(=O)O)NC(=O)C(Cc1cnc[nH]1)NC(=O)C(N)C(C)O)C(=O)O. The standard InChI is InChI=1S/C20H32N6O8/c1-9(2)16(20(33)34)26-17(30)12(4-5-14(28)29)24-18(31)13(6-11-7-22-8-23-11)25-19(32)15(21)10(3)27/h7-10,12-13,15-16,27H,4-6,21H2,1-3H3,(H,22,23)(H,24,31)(H,25,32)(H,26,30)(H,28,29)(H,33,34). The van der Waals surface area contributed by atoms with Crippen molar-refractivity contribution in [1.82, 2.24) is 25.9 Å². The van der Waals surface area contributed by atoms with Crippen LogP contribution >= 0.6 is 0 Å². The third-order valence-corrected chi connectivity index (χ3v) is 4.94. The summed E-state index contributed by atoms with van der Waals surface area (Å²) in [6.07, 6.45) is 0.678. The Hall–Kier alpha value is -3.52. The van der Waals surface area contributed by atoms with E-state index in [2.05, 4.69) is 25.9 Å². The van der Waals surface area contributed by atoms with Crippen LogP contribution in [0.15, 0.2) is 12.5 Å². The largest absolute Gasteiger partial charge is 0.481 e. The van der Waals surface area contributed by atoms with Crippen LogP contribution in [0.25, 0.3) is 0 Å². The Morgan fingerprint density at radius 2 is 1.59 bits per heavy atom. The van der Waals surface area contributed by atoms with Crippen molar-refractivity contribution in [3.8, 4) is 0 Å². The van der Waals surface area contributed by atoms with Gasteiger partial charge >= 0.3 is 11.9 Å². The molecule has 9 N–H and O–H groups in total. The fourth-order valence-electron chi connectivity index (χ4n) is 2.89. The Balaban J connectivity index is 3.09. The number of imidazole rings is 1. The number of aliphatic hydroxyl groups is 1. The molecule has 0 aliphatic heterocycles. The number of H-pyrrole nitrogens is 1. The highest BCUT2D eigenvalue weighted by Crippen LogP contribution is 2.07. The summed E-state index contributed by atoms with van der Waals surface area (Å²) < 4.78 is 0. The number of carboxylic acid groups (broad SMARTS) is 2. The zero-order chi connectivity index (χ0) is 26.0. The second-order valence-corrected chi connectivity index (χ2v) is 8.17. The number of rotatable bonds is 14. The number of carboxylic acids is 2. The van der Waals surface area contributed by atoms with Gasteiger partial charge in [0.25, 0.3) is 0 Å². The maximum absolute atomic E-state index is 13.0. The van der Waals surface area contributed by atoms with Gasteiger partial charge in [0, 0.05) is 24.7 Å². The molecule has 0 saturated heterocycles. The fraction of sp³-hybridized carbons (Fsp3) is 0.600. The topological polar surface area (TPSA) is 237 Å². The van der Waals surface area contributed by atoms with Crippen LogP contribution in [-0.2, 0) is 30.4 Å². The van der Waals surface area contributed by atoms with Gasteiger partial charge in [-0.2, -0.15) is 0 Å². The van der Waals surface area contributed by atoms with Crippen molar-refractivity contribution in [3.05, 3.63) is 18.2 Å². The lowest BCUT2D eigenvalue weighted by Gasteiger charge is -2.26. The molecule has 1 heterocycles. The number of aromatic amines is 1. The number of nitrogens with one attached hydrogen (secondary N) is 4. The van der Waals surface area contributed by atoms with Gasteiger partial charge in [-0.1, -0.05) is 13.8 Å². The van der Waals surface area contributed by atoms with Crippen molar-refractivity contribution < 1.29 is 39.3 Å². The maximum Gasteiger partial charge on any atom is 0.326 e. The predicted molar refractivity (Wildman–Crippen MR) is 117 cm³/mol. The monoisotopic (exact) mass is 484 g/mol. The number of nitrogens with two attached hydrogens (primary N) is 1. The predicted octanol–water partition coefficient (Wildman–Crippen LogP) is -2.28. The Morgan fingerprint density at radius 3 is 2.06 bits per heavy atom. The maximum atomic E-state index is 13.0. The van der Waals surface area contributed by atoms with E-state index in [1.165, 1.54) is 19.4 Å². The number of aliphatic carboxylic acids is 2. The number of aliphatic hydroxyl groups excluding tert-OH is 1. The second kappa shape index (κ2) is 13.3. The van der Waals surface area contributed by atoms with Gasteiger partial charge in [0.1, 0.15) is 24.2 Å². The summed E-state index contributed by atoms with van der Waals surface area (Å²) in [5, 5.41) is 35.0. The van der Waals surface area contributed by atoms with Crippen LogP contribution in [0.2, 0.25) is 0 Å². The zero-order valence-electron chi connectivity index (χ0n) is 19.1. The van der Waals surface area contributed by atoms with E-state index in [9.17, 15) is 34.2 Å². The molecule has 1 aromatic heterocycles. The molecule has 0 saturated carbocycles. The summed E-state index contributed by atoms with van der Waals surface area (Å²) in [6, 6.07) is -5.25. The molecule has 0 radical (unpaired) electrons. The van der Waals surface area contributed by atoms with Crippen molar-refractivity contribution in [2.24, 2.45) is 11.7 Å². The highest BCUT2D eigenvalue weighted by atomic mass is 16.4. The third-order valence-electron chi connectivity index (χ3n) is 4.94. The number of nitrogens with zero attached hydrogens (tertiary/aromatic N) is 1. The van der Waals surface area contributed by atoms with Crippen molar-refractivity contribution in [2.75, 3.05) is 0 Å². The number of hydrogen-bond donors (Lipinski definition) is 8. The summed E-state index contributed by atoms with van der Waals surface area (Å²) in [4.78, 5) is 67.1. The smallest absolute Gasteiger partial charge is 0.326 e. The van der Waals surface area contributed by atoms with Crippen LogP contribution in [-0.4, -0.2) is 85.2 Å². The van der Waals surface area contributed by atoms with E-state index < -0.39 is 72.3 Å². The molecule has 0 aliphatic carbocycles. The normalized spacial score (nSPS) is 15.5. The van der Waals surface area contributed by atoms with Crippen LogP contribution in [0, 0.1) is 5.92 Å². The van der Waals surface area contributed by atoms with Crippen molar-refractivity contribution in [1.29, 1.82) is 0 Å². The summed E-state index contributed by atoms with van der Waals surface area (Å²) >= 11 is 0. The van der Waals surface area contributed by atoms with Gasteiger partial charge in [0.15, 0.2) is 0 Å². The minimum atomic E-state index is -1.39. The first-order valence-corrected chi connectivity index (χ1v) is 10.6. The molecule has 1 aromatic rings. The molecule has 0 bridgehead atoms. The first kappa shape index (κ1) is 28.5. The van der Waals surface area contributed by atoms with Gasteiger partial charge in [0.2, 0.25) is 17.7 Å². The number of carbonyl (C=O) groups excluding carboxylic acids is 3. The molecule has 0 aromatic carbocycles. The second-order valence-electron chi connectivity index (χ2n) is 8.17. The number of aromatic nitrogens is 2. The molecule has 34 heavy (non-hydrogen) atoms. The molecule has 0 fully saturated rings. The highest BCUT2D eigenvalue weighted by Gasteiger charge is 2.32. The summed E-state index contributed by atoms with van der Waals surface area (Å²) in [5.74, 6) is -5.55. The van der Waals surface area contributed by atoms with Gasteiger partial charge in [-0.05, 0) is 19.3 Å². The van der Waals surface area contributed by atoms with Crippen molar-refractivity contribution in [3.63, 3.8) is 0 Å². The van der Waals surface area contributed by atoms with Crippen LogP contribution in [0.1, 0.15) is 39.3 Å². The van der Waals surface area contributed by atoms with Gasteiger partial charge in [0.05, 0.1) is 12.4 Å². The third kappa shape index (κ3) is 9.15. The van der Waals surface area contributed by atoms with Gasteiger partial charge in [-0.25, -0.2) is 9.78 Å². The first-order chi connectivity index (χ1) is 15.8. The minimum Gasteiger partial charge on any atom is -0.481 e. The highest BCUT2D eigenvalue weighted by molar-refractivity contribution is 5.94. The Labute approximate surface area is 195 Å². The van der Waals surface area contributed by atoms with E-state index in [-0.39, 0.29) is 12.8 Å². The number of carbonyl (C=O) groups is 5. The van der Waals surface area contributed by atoms with Crippen molar-refractivity contribution >= 4 is 29.7 Å². The molecule has 1 rings (SSSR count). The average molecular weight is 485 g/mol. The van der Waals surface area contributed by atoms with E-state index in [1.807, 2.05) is 0 Å². The Morgan fingerprint density at radius 1 is 1.00 bits per heavy atom. The summed E-state index contributed by atoms with van der Waals surface area (Å²) in [6.45, 7) is 4.45. The van der Waals surface area contributed by atoms with Crippen LogP contribution < -0.4 is 21.7 Å². The van der Waals surface area contributed by atoms with Gasteiger partial charge in [-0.15, -0.1) is 0 Å². The number of amides is 3. The van der Waals surface area contributed by atoms with E-state index >= 15 is 0 Å². The lowest BCUT2D eigenvalue weighted by Crippen LogP contribution is -2.59. The lowest BCUT2D eigenvalue weighted by molar-refractivity contribution is -0.144. The Bertz CT molecular complexity index is 857. The molecule has 5 atom stereocenters. The molecular formula is C20H32N6O8. The van der Waals surface area contributed by atoms with E-state index in [1.54, 1.807) is 13.8 Å². The van der Waals surface area contributed by atoms with E-state index in [4.69, 9.17) is 10.8 Å². The Kier molecular flexibility index (Phi) is 11.1. The molecule has 3 amide bonds. The van der Waals surface area contributed by atoms with Gasteiger partial charge in [-0.3, -0.25) is 19.2 Å².